The molecule has 224 valence electrons. The molecule has 0 spiro atoms. The van der Waals surface area contributed by atoms with E-state index in [1.807, 2.05) is 19.9 Å². The molecule has 4 rings (SSSR count). The number of hydrogen-bond donors (Lipinski definition) is 1. The number of fused-ring (bicyclic) bond motifs is 3. The number of esters is 1. The molecule has 0 amide bonds. The van der Waals surface area contributed by atoms with Crippen molar-refractivity contribution in [2.24, 2.45) is 23.7 Å². The Morgan fingerprint density at radius 1 is 1.22 bits per heavy atom. The first-order chi connectivity index (χ1) is 19.9. The average molecular weight is 568 g/mol. The second-order valence-corrected chi connectivity index (χ2v) is 12.0. The summed E-state index contributed by atoms with van der Waals surface area (Å²) in [5.74, 6) is 8.28. The Morgan fingerprint density at radius 2 is 2.00 bits per heavy atom. The van der Waals surface area contributed by atoms with Crippen LogP contribution in [0.25, 0.3) is 0 Å². The van der Waals surface area contributed by atoms with Gasteiger partial charge in [-0.15, -0.1) is 22.0 Å². The fourth-order valence-electron chi connectivity index (χ4n) is 6.65. The topological polar surface area (TPSA) is 108 Å². The van der Waals surface area contributed by atoms with Crippen LogP contribution >= 0.6 is 0 Å². The molecule has 1 aliphatic heterocycles. The third-order valence-corrected chi connectivity index (χ3v) is 9.14. The van der Waals surface area contributed by atoms with Gasteiger partial charge in [0.25, 0.3) is 5.09 Å². The molecule has 5 unspecified atom stereocenters. The van der Waals surface area contributed by atoms with Gasteiger partial charge in [-0.25, -0.2) is 0 Å². The fraction of sp³-hybridized carbons (Fsp3) is 0.667. The van der Waals surface area contributed by atoms with Gasteiger partial charge in [-0.2, -0.15) is 0 Å². The van der Waals surface area contributed by atoms with Gasteiger partial charge in [0, 0.05) is 24.3 Å². The molecular formula is C33H45NO7. The molecule has 1 aromatic carbocycles. The summed E-state index contributed by atoms with van der Waals surface area (Å²) in [4.78, 5) is 27.3. The highest BCUT2D eigenvalue weighted by Crippen LogP contribution is 2.52. The number of para-hydroxylation sites is 1. The van der Waals surface area contributed by atoms with Crippen LogP contribution in [-0.4, -0.2) is 41.6 Å². The van der Waals surface area contributed by atoms with Gasteiger partial charge in [0.15, 0.2) is 0 Å². The molecule has 8 nitrogen and oxygen atoms in total. The van der Waals surface area contributed by atoms with E-state index in [2.05, 4.69) is 41.0 Å². The first-order valence-electron chi connectivity index (χ1n) is 15.3. The van der Waals surface area contributed by atoms with Crippen molar-refractivity contribution in [2.45, 2.75) is 103 Å². The number of allylic oxidation sites excluding steroid dienone is 1. The molecule has 0 radical (unpaired) electrons. The maximum Gasteiger partial charge on any atom is 0.305 e. The summed E-state index contributed by atoms with van der Waals surface area (Å²) in [6, 6.07) is 6.36. The number of aliphatic hydroxyl groups is 1. The van der Waals surface area contributed by atoms with Gasteiger partial charge >= 0.3 is 5.97 Å². The quantitative estimate of drug-likeness (QED) is 0.0940. The fourth-order valence-corrected chi connectivity index (χ4v) is 6.65. The number of ether oxygens (including phenoxy) is 2. The molecule has 2 aliphatic carbocycles. The summed E-state index contributed by atoms with van der Waals surface area (Å²) in [5, 5.41) is 20.2. The molecule has 1 N–H and O–H groups in total. The Morgan fingerprint density at radius 3 is 2.76 bits per heavy atom. The van der Waals surface area contributed by atoms with E-state index < -0.39 is 11.2 Å². The van der Waals surface area contributed by atoms with Crippen molar-refractivity contribution < 1.29 is 29.3 Å². The van der Waals surface area contributed by atoms with E-state index in [0.717, 1.165) is 62.7 Å². The third kappa shape index (κ3) is 8.72. The number of benzene rings is 1. The van der Waals surface area contributed by atoms with E-state index in [4.69, 9.17) is 9.47 Å². The Bertz CT molecular complexity index is 1110. The highest BCUT2D eigenvalue weighted by Gasteiger charge is 2.44. The second-order valence-electron chi connectivity index (χ2n) is 12.0. The normalized spacial score (nSPS) is 26.3. The molecule has 0 aromatic heterocycles. The summed E-state index contributed by atoms with van der Waals surface area (Å²) >= 11 is 0. The van der Waals surface area contributed by atoms with Crippen LogP contribution in [0.1, 0.15) is 95.1 Å². The van der Waals surface area contributed by atoms with Crippen molar-refractivity contribution in [3.05, 3.63) is 51.6 Å². The number of aliphatic hydroxyl groups excluding tert-OH is 1. The van der Waals surface area contributed by atoms with Crippen LogP contribution in [0.2, 0.25) is 0 Å². The zero-order chi connectivity index (χ0) is 29.2. The molecule has 2 fully saturated rings. The van der Waals surface area contributed by atoms with Crippen LogP contribution in [0.4, 0.5) is 0 Å². The van der Waals surface area contributed by atoms with E-state index in [0.29, 0.717) is 43.6 Å². The zero-order valence-electron chi connectivity index (χ0n) is 24.5. The zero-order valence-corrected chi connectivity index (χ0v) is 24.5. The van der Waals surface area contributed by atoms with Crippen molar-refractivity contribution in [1.29, 1.82) is 0 Å². The molecule has 0 bridgehead atoms. The predicted molar refractivity (Wildman–Crippen MR) is 156 cm³/mol. The molecule has 1 aromatic rings. The number of rotatable bonds is 14. The Kier molecular flexibility index (Phi) is 11.5. The van der Waals surface area contributed by atoms with Gasteiger partial charge in [-0.1, -0.05) is 37.3 Å². The van der Waals surface area contributed by atoms with Crippen LogP contribution in [0, 0.1) is 45.6 Å². The predicted octanol–water partition coefficient (Wildman–Crippen LogP) is 6.18. The minimum atomic E-state index is -0.719. The lowest BCUT2D eigenvalue weighted by Crippen LogP contribution is -2.21. The van der Waals surface area contributed by atoms with Crippen LogP contribution < -0.4 is 4.74 Å². The molecule has 41 heavy (non-hydrogen) atoms. The van der Waals surface area contributed by atoms with Gasteiger partial charge in [-0.05, 0) is 93.9 Å². The van der Waals surface area contributed by atoms with E-state index in [9.17, 15) is 20.0 Å². The van der Waals surface area contributed by atoms with E-state index >= 15 is 0 Å². The molecule has 1 heterocycles. The second kappa shape index (κ2) is 15.3. The van der Waals surface area contributed by atoms with Crippen LogP contribution in [0.3, 0.4) is 0 Å². The monoisotopic (exact) mass is 567 g/mol. The van der Waals surface area contributed by atoms with Gasteiger partial charge in [-0.3, -0.25) is 4.79 Å². The molecule has 2 saturated carbocycles. The number of carbonyl (C=O) groups excluding carboxylic acids is 1. The van der Waals surface area contributed by atoms with Crippen LogP contribution in [-0.2, 0) is 20.8 Å². The highest BCUT2D eigenvalue weighted by molar-refractivity contribution is 5.69. The maximum atomic E-state index is 12.4. The summed E-state index contributed by atoms with van der Waals surface area (Å²) in [6.45, 7) is 4.47. The van der Waals surface area contributed by atoms with Crippen molar-refractivity contribution in [2.75, 3.05) is 13.2 Å². The first kappa shape index (κ1) is 30.9. The first-order valence-corrected chi connectivity index (χ1v) is 15.3. The third-order valence-electron chi connectivity index (χ3n) is 9.14. The van der Waals surface area contributed by atoms with Crippen LogP contribution in [0.15, 0.2) is 30.4 Å². The van der Waals surface area contributed by atoms with E-state index in [-0.39, 0.29) is 30.5 Å². The lowest BCUT2D eigenvalue weighted by molar-refractivity contribution is -0.759. The van der Waals surface area contributed by atoms with E-state index in [1.54, 1.807) is 0 Å². The van der Waals surface area contributed by atoms with Crippen LogP contribution in [0.5, 0.6) is 5.75 Å². The Labute approximate surface area is 243 Å². The Balaban J connectivity index is 1.19. The minimum Gasteiger partial charge on any atom is -0.489 e. The summed E-state index contributed by atoms with van der Waals surface area (Å²) in [7, 11) is 0. The maximum absolute atomic E-state index is 12.4. The SMILES string of the molecule is CC#CCC(C)C(O)/C=C/C1CCC2Oc3c(CCCC(=O)OCCC4CCC(CO[N+](=O)[O-])CC4)cccc3C12. The summed E-state index contributed by atoms with van der Waals surface area (Å²) in [5.41, 5.74) is 2.40. The van der Waals surface area contributed by atoms with Crippen molar-refractivity contribution >= 4 is 5.97 Å². The number of carbonyl (C=O) groups is 1. The van der Waals surface area contributed by atoms with Gasteiger partial charge in [0.2, 0.25) is 0 Å². The van der Waals surface area contributed by atoms with Crippen molar-refractivity contribution in [1.82, 2.24) is 0 Å². The number of nitrogens with zero attached hydrogens (tertiary/aromatic N) is 1. The van der Waals surface area contributed by atoms with Gasteiger partial charge < -0.3 is 19.4 Å². The molecule has 5 atom stereocenters. The molecular weight excluding hydrogens is 522 g/mol. The minimum absolute atomic E-state index is 0.103. The smallest absolute Gasteiger partial charge is 0.305 e. The lowest BCUT2D eigenvalue weighted by atomic mass is 9.81. The highest BCUT2D eigenvalue weighted by atomic mass is 16.9. The molecule has 3 aliphatic rings. The van der Waals surface area contributed by atoms with Crippen molar-refractivity contribution in [3.63, 3.8) is 0 Å². The molecule has 8 heteroatoms. The van der Waals surface area contributed by atoms with E-state index in [1.165, 1.54) is 5.56 Å². The number of aryl methyl sites for hydroxylation is 1. The van der Waals surface area contributed by atoms with Gasteiger partial charge in [0.1, 0.15) is 11.9 Å². The summed E-state index contributed by atoms with van der Waals surface area (Å²) < 4.78 is 12.0. The van der Waals surface area contributed by atoms with Gasteiger partial charge in [0.05, 0.1) is 19.3 Å². The van der Waals surface area contributed by atoms with Crippen molar-refractivity contribution in [3.8, 4) is 17.6 Å². The molecule has 0 saturated heterocycles. The standard InChI is InChI=1S/C33H45NO7/c1-3-4-7-23(2)29(35)18-16-26-17-19-30-32(26)28-10-5-8-27(33(28)41-30)9-6-11-31(36)39-21-20-24-12-14-25(15-13-24)22-40-34(37)38/h5,8,10,16,18,23-26,29-30,32,35H,6-7,9,11-15,17,19-22H2,1-2H3/b18-16+. The lowest BCUT2D eigenvalue weighted by Gasteiger charge is -2.27. The number of hydrogen-bond acceptors (Lipinski definition) is 7. The largest absolute Gasteiger partial charge is 0.489 e. The summed E-state index contributed by atoms with van der Waals surface area (Å²) in [6.07, 6.45) is 13.1. The Hall–Kier alpha value is -3.05. The average Bonchev–Trinajstić information content (AvgIpc) is 3.54.